The summed E-state index contributed by atoms with van der Waals surface area (Å²) in [4.78, 5) is 13.6. The molecule has 0 aliphatic carbocycles. The molecule has 1 atom stereocenters. The molecule has 6 heteroatoms. The van der Waals surface area contributed by atoms with Crippen molar-refractivity contribution in [3.05, 3.63) is 29.3 Å². The smallest absolute Gasteiger partial charge is 0.257 e. The third-order valence-corrected chi connectivity index (χ3v) is 2.36. The molecule has 0 aromatic heterocycles. The Morgan fingerprint density at radius 3 is 2.61 bits per heavy atom. The first-order chi connectivity index (χ1) is 8.32. The summed E-state index contributed by atoms with van der Waals surface area (Å²) in [7, 11) is 3.68. The van der Waals surface area contributed by atoms with E-state index in [4.69, 9.17) is 5.73 Å². The zero-order chi connectivity index (χ0) is 13.9. The van der Waals surface area contributed by atoms with E-state index in [1.807, 2.05) is 19.0 Å². The van der Waals surface area contributed by atoms with E-state index in [-0.39, 0.29) is 11.7 Å². The lowest BCUT2D eigenvalue weighted by molar-refractivity contribution is 0.0926. The van der Waals surface area contributed by atoms with Gasteiger partial charge in [0, 0.05) is 12.6 Å². The molecular formula is C12H17F2N3O. The second kappa shape index (κ2) is 5.77. The summed E-state index contributed by atoms with van der Waals surface area (Å²) in [6, 6.07) is 1.84. The monoisotopic (exact) mass is 257 g/mol. The van der Waals surface area contributed by atoms with E-state index in [0.717, 1.165) is 12.1 Å². The average Bonchev–Trinajstić information content (AvgIpc) is 2.22. The van der Waals surface area contributed by atoms with Crippen molar-refractivity contribution in [1.29, 1.82) is 0 Å². The highest BCUT2D eigenvalue weighted by Crippen LogP contribution is 2.18. The maximum Gasteiger partial charge on any atom is 0.257 e. The highest BCUT2D eigenvalue weighted by molar-refractivity contribution is 5.95. The van der Waals surface area contributed by atoms with E-state index >= 15 is 0 Å². The van der Waals surface area contributed by atoms with E-state index in [0.29, 0.717) is 6.54 Å². The fourth-order valence-corrected chi connectivity index (χ4v) is 1.67. The van der Waals surface area contributed by atoms with Crippen LogP contribution >= 0.6 is 0 Å². The van der Waals surface area contributed by atoms with Crippen LogP contribution in [0.15, 0.2) is 12.1 Å². The molecule has 1 unspecified atom stereocenters. The number of hydrogen-bond acceptors (Lipinski definition) is 3. The van der Waals surface area contributed by atoms with Crippen molar-refractivity contribution in [1.82, 2.24) is 10.2 Å². The third kappa shape index (κ3) is 3.40. The predicted octanol–water partition coefficient (Wildman–Crippen LogP) is 1.23. The number of carbonyl (C=O) groups excluding carboxylic acids is 1. The van der Waals surface area contributed by atoms with Crippen LogP contribution in [0.1, 0.15) is 17.3 Å². The Bertz CT molecular complexity index is 449. The van der Waals surface area contributed by atoms with Gasteiger partial charge in [-0.3, -0.25) is 4.79 Å². The molecule has 0 heterocycles. The minimum atomic E-state index is -1.02. The van der Waals surface area contributed by atoms with E-state index < -0.39 is 23.1 Å². The summed E-state index contributed by atoms with van der Waals surface area (Å²) in [6.07, 6.45) is 0. The van der Waals surface area contributed by atoms with Crippen LogP contribution in [0.4, 0.5) is 14.5 Å². The van der Waals surface area contributed by atoms with Gasteiger partial charge in [-0.15, -0.1) is 0 Å². The van der Waals surface area contributed by atoms with Crippen LogP contribution < -0.4 is 11.1 Å². The van der Waals surface area contributed by atoms with Crippen molar-refractivity contribution in [2.45, 2.75) is 13.0 Å². The normalized spacial score (nSPS) is 12.6. The topological polar surface area (TPSA) is 58.4 Å². The van der Waals surface area contributed by atoms with Crippen molar-refractivity contribution in [2.24, 2.45) is 0 Å². The number of anilines is 1. The standard InChI is InChI=1S/C12H17F2N3O/c1-7(6-17(2)3)16-12(18)10-8(13)4-5-9(15)11(10)14/h4-5,7H,6,15H2,1-3H3,(H,16,18). The van der Waals surface area contributed by atoms with Crippen LogP contribution in [0, 0.1) is 11.6 Å². The first-order valence-corrected chi connectivity index (χ1v) is 5.52. The van der Waals surface area contributed by atoms with E-state index in [9.17, 15) is 13.6 Å². The van der Waals surface area contributed by atoms with Gasteiger partial charge in [-0.1, -0.05) is 0 Å². The van der Waals surface area contributed by atoms with Gasteiger partial charge in [0.2, 0.25) is 0 Å². The number of carbonyl (C=O) groups is 1. The maximum absolute atomic E-state index is 13.6. The molecule has 18 heavy (non-hydrogen) atoms. The van der Waals surface area contributed by atoms with Crippen LogP contribution in [-0.4, -0.2) is 37.5 Å². The van der Waals surface area contributed by atoms with Gasteiger partial charge >= 0.3 is 0 Å². The lowest BCUT2D eigenvalue weighted by atomic mass is 10.1. The van der Waals surface area contributed by atoms with Crippen molar-refractivity contribution in [3.63, 3.8) is 0 Å². The van der Waals surface area contributed by atoms with Gasteiger partial charge in [0.05, 0.1) is 5.69 Å². The Morgan fingerprint density at radius 2 is 2.06 bits per heavy atom. The van der Waals surface area contributed by atoms with E-state index in [1.54, 1.807) is 6.92 Å². The van der Waals surface area contributed by atoms with Gasteiger partial charge in [-0.25, -0.2) is 8.78 Å². The van der Waals surface area contributed by atoms with Crippen molar-refractivity contribution < 1.29 is 13.6 Å². The molecule has 0 spiro atoms. The molecular weight excluding hydrogens is 240 g/mol. The van der Waals surface area contributed by atoms with E-state index in [2.05, 4.69) is 5.32 Å². The fraction of sp³-hybridized carbons (Fsp3) is 0.417. The highest BCUT2D eigenvalue weighted by atomic mass is 19.1. The molecule has 100 valence electrons. The number of halogens is 2. The molecule has 0 aliphatic heterocycles. The summed E-state index contributed by atoms with van der Waals surface area (Å²) in [5.74, 6) is -2.74. The summed E-state index contributed by atoms with van der Waals surface area (Å²) < 4.78 is 27.0. The quantitative estimate of drug-likeness (QED) is 0.798. The summed E-state index contributed by atoms with van der Waals surface area (Å²) in [5, 5.41) is 2.52. The van der Waals surface area contributed by atoms with Crippen molar-refractivity contribution in [3.8, 4) is 0 Å². The fourth-order valence-electron chi connectivity index (χ4n) is 1.67. The largest absolute Gasteiger partial charge is 0.396 e. The number of hydrogen-bond donors (Lipinski definition) is 2. The lowest BCUT2D eigenvalue weighted by Gasteiger charge is -2.18. The zero-order valence-corrected chi connectivity index (χ0v) is 10.6. The third-order valence-electron chi connectivity index (χ3n) is 2.36. The van der Waals surface area contributed by atoms with Gasteiger partial charge in [0.1, 0.15) is 11.4 Å². The predicted molar refractivity (Wildman–Crippen MR) is 66.3 cm³/mol. The average molecular weight is 257 g/mol. The summed E-state index contributed by atoms with van der Waals surface area (Å²) >= 11 is 0. The van der Waals surface area contributed by atoms with Gasteiger partial charge < -0.3 is 16.0 Å². The number of nitrogens with zero attached hydrogens (tertiary/aromatic N) is 1. The Kier molecular flexibility index (Phi) is 4.61. The second-order valence-corrected chi connectivity index (χ2v) is 4.46. The molecule has 1 amide bonds. The Morgan fingerprint density at radius 1 is 1.44 bits per heavy atom. The van der Waals surface area contributed by atoms with Crippen LogP contribution in [0.5, 0.6) is 0 Å². The second-order valence-electron chi connectivity index (χ2n) is 4.46. The van der Waals surface area contributed by atoms with Gasteiger partial charge in [0.25, 0.3) is 5.91 Å². The minimum absolute atomic E-state index is 0.229. The number of nitrogens with one attached hydrogen (secondary N) is 1. The van der Waals surface area contributed by atoms with Crippen LogP contribution in [0.3, 0.4) is 0 Å². The molecule has 0 radical (unpaired) electrons. The summed E-state index contributed by atoms with van der Waals surface area (Å²) in [6.45, 7) is 2.32. The first kappa shape index (κ1) is 14.4. The summed E-state index contributed by atoms with van der Waals surface area (Å²) in [5.41, 5.74) is 4.42. The van der Waals surface area contributed by atoms with Gasteiger partial charge in [0.15, 0.2) is 5.82 Å². The minimum Gasteiger partial charge on any atom is -0.396 e. The van der Waals surface area contributed by atoms with Crippen LogP contribution in [0.25, 0.3) is 0 Å². The molecule has 1 aromatic rings. The molecule has 0 saturated carbocycles. The number of amides is 1. The molecule has 0 bridgehead atoms. The lowest BCUT2D eigenvalue weighted by Crippen LogP contribution is -2.40. The van der Waals surface area contributed by atoms with Crippen molar-refractivity contribution in [2.75, 3.05) is 26.4 Å². The Hall–Kier alpha value is -1.69. The highest BCUT2D eigenvalue weighted by Gasteiger charge is 2.20. The number of nitrogens with two attached hydrogens (primary N) is 1. The SMILES string of the molecule is CC(CN(C)C)NC(=O)c1c(F)ccc(N)c1F. The Labute approximate surface area is 105 Å². The number of nitrogen functional groups attached to an aromatic ring is 1. The molecule has 0 saturated heterocycles. The van der Waals surface area contributed by atoms with Crippen LogP contribution in [-0.2, 0) is 0 Å². The van der Waals surface area contributed by atoms with Crippen LogP contribution in [0.2, 0.25) is 0 Å². The number of rotatable bonds is 4. The number of benzene rings is 1. The van der Waals surface area contributed by atoms with E-state index in [1.165, 1.54) is 0 Å². The molecule has 1 rings (SSSR count). The molecule has 1 aromatic carbocycles. The van der Waals surface area contributed by atoms with Crippen molar-refractivity contribution >= 4 is 11.6 Å². The molecule has 3 N–H and O–H groups in total. The van der Waals surface area contributed by atoms with Gasteiger partial charge in [-0.2, -0.15) is 0 Å². The molecule has 0 aliphatic rings. The Balaban J connectivity index is 2.88. The first-order valence-electron chi connectivity index (χ1n) is 5.52. The molecule has 4 nitrogen and oxygen atoms in total. The maximum atomic E-state index is 13.6. The van der Waals surface area contributed by atoms with Gasteiger partial charge in [-0.05, 0) is 33.2 Å². The zero-order valence-electron chi connectivity index (χ0n) is 10.6. The number of likely N-dealkylation sites (N-methyl/N-ethyl adjacent to an activating group) is 1. The molecule has 0 fully saturated rings.